The number of hydrogen-bond acceptors (Lipinski definition) is 8. The Balaban J connectivity index is 1.60. The number of benzene rings is 2. The van der Waals surface area contributed by atoms with E-state index in [1.54, 1.807) is 0 Å². The molecular formula is C21H20FN5O4S2. The quantitative estimate of drug-likeness (QED) is 0.440. The zero-order valence-corrected chi connectivity index (χ0v) is 19.1. The third-order valence-electron chi connectivity index (χ3n) is 5.94. The lowest BCUT2D eigenvalue weighted by molar-refractivity contribution is 0.485. The van der Waals surface area contributed by atoms with Gasteiger partial charge in [-0.1, -0.05) is 18.2 Å². The van der Waals surface area contributed by atoms with Gasteiger partial charge in [0.05, 0.1) is 11.6 Å². The van der Waals surface area contributed by atoms with Crippen molar-refractivity contribution in [2.24, 2.45) is 5.73 Å². The molecule has 9 nitrogen and oxygen atoms in total. The lowest BCUT2D eigenvalue weighted by atomic mass is 9.84. The maximum atomic E-state index is 15.0. The number of nitrogens with two attached hydrogens (primary N) is 1. The summed E-state index contributed by atoms with van der Waals surface area (Å²) in [7, 11) is -4.30. The summed E-state index contributed by atoms with van der Waals surface area (Å²) in [5, 5.41) is -0.00537. The summed E-state index contributed by atoms with van der Waals surface area (Å²) in [4.78, 5) is 15.9. The Morgan fingerprint density at radius 1 is 1.36 bits per heavy atom. The van der Waals surface area contributed by atoms with Gasteiger partial charge in [-0.2, -0.15) is 4.37 Å². The first-order valence-corrected chi connectivity index (χ1v) is 12.5. The Hall–Kier alpha value is -3.09. The molecule has 2 aromatic carbocycles. The fraction of sp³-hybridized carbons (Fsp3) is 0.286. The van der Waals surface area contributed by atoms with Crippen LogP contribution in [0.15, 0.2) is 50.8 Å². The monoisotopic (exact) mass is 489 g/mol. The molecule has 1 aliphatic rings. The fourth-order valence-corrected chi connectivity index (χ4v) is 6.11. The molecule has 0 aliphatic heterocycles. The molecule has 0 bridgehead atoms. The maximum Gasteiger partial charge on any atom is 0.420 e. The Bertz CT molecular complexity index is 1510. The predicted molar refractivity (Wildman–Crippen MR) is 121 cm³/mol. The Labute approximate surface area is 192 Å². The highest BCUT2D eigenvalue weighted by Gasteiger charge is 2.27. The first-order chi connectivity index (χ1) is 15.7. The van der Waals surface area contributed by atoms with Gasteiger partial charge in [0.15, 0.2) is 5.58 Å². The molecule has 0 amide bonds. The van der Waals surface area contributed by atoms with Crippen molar-refractivity contribution < 1.29 is 17.2 Å². The van der Waals surface area contributed by atoms with Crippen molar-refractivity contribution in [1.29, 1.82) is 0 Å². The number of halogens is 1. The number of aryl methyl sites for hydroxylation is 1. The van der Waals surface area contributed by atoms with Gasteiger partial charge in [0.2, 0.25) is 5.13 Å². The van der Waals surface area contributed by atoms with Crippen molar-refractivity contribution in [3.8, 4) is 0 Å². The number of fused-ring (bicyclic) bond motifs is 2. The van der Waals surface area contributed by atoms with Crippen molar-refractivity contribution >= 4 is 37.8 Å². The smallest absolute Gasteiger partial charge is 0.408 e. The normalized spacial score (nSPS) is 17.1. The summed E-state index contributed by atoms with van der Waals surface area (Å²) in [6, 6.07) is 7.49. The van der Waals surface area contributed by atoms with E-state index in [1.807, 2.05) is 19.1 Å². The lowest BCUT2D eigenvalue weighted by Crippen LogP contribution is -2.30. The number of oxazole rings is 1. The molecule has 12 heteroatoms. The summed E-state index contributed by atoms with van der Waals surface area (Å²) in [6.07, 6.45) is 3.62. The molecular weight excluding hydrogens is 469 g/mol. The number of nitrogens with one attached hydrogen (secondary N) is 1. The molecule has 2 heterocycles. The number of hydrogen-bond donors (Lipinski definition) is 2. The highest BCUT2D eigenvalue weighted by molar-refractivity contribution is 7.93. The van der Waals surface area contributed by atoms with Gasteiger partial charge in [0, 0.05) is 29.7 Å². The highest BCUT2D eigenvalue weighted by Crippen LogP contribution is 2.32. The zero-order valence-electron chi connectivity index (χ0n) is 17.5. The Morgan fingerprint density at radius 2 is 2.18 bits per heavy atom. The van der Waals surface area contributed by atoms with Gasteiger partial charge in [-0.05, 0) is 42.9 Å². The van der Waals surface area contributed by atoms with Gasteiger partial charge < -0.3 is 10.2 Å². The number of nitrogens with zero attached hydrogens (tertiary/aromatic N) is 3. The molecule has 0 spiro atoms. The van der Waals surface area contributed by atoms with Crippen LogP contribution in [0, 0.1) is 5.82 Å². The Morgan fingerprint density at radius 3 is 2.94 bits per heavy atom. The van der Waals surface area contributed by atoms with Crippen molar-refractivity contribution in [3.05, 3.63) is 69.7 Å². The van der Waals surface area contributed by atoms with Crippen LogP contribution in [-0.2, 0) is 22.9 Å². The average Bonchev–Trinajstić information content (AvgIpc) is 3.38. The van der Waals surface area contributed by atoms with Crippen molar-refractivity contribution in [1.82, 2.24) is 13.9 Å². The second-order valence-corrected chi connectivity index (χ2v) is 10.4. The largest absolute Gasteiger partial charge is 0.420 e. The van der Waals surface area contributed by atoms with E-state index in [-0.39, 0.29) is 22.3 Å². The number of aromatic nitrogens is 3. The maximum absolute atomic E-state index is 15.0. The van der Waals surface area contributed by atoms with Crippen LogP contribution in [-0.4, -0.2) is 28.4 Å². The van der Waals surface area contributed by atoms with Crippen LogP contribution in [0.1, 0.15) is 36.1 Å². The summed E-state index contributed by atoms with van der Waals surface area (Å²) < 4.78 is 52.8. The summed E-state index contributed by atoms with van der Waals surface area (Å²) >= 11 is 0.813. The molecule has 172 valence electrons. The van der Waals surface area contributed by atoms with E-state index in [1.165, 1.54) is 16.5 Å². The molecule has 0 saturated carbocycles. The summed E-state index contributed by atoms with van der Waals surface area (Å²) in [5.41, 5.74) is 9.48. The molecule has 1 aliphatic carbocycles. The van der Waals surface area contributed by atoms with E-state index in [9.17, 15) is 17.6 Å². The van der Waals surface area contributed by atoms with E-state index in [0.29, 0.717) is 6.42 Å². The van der Waals surface area contributed by atoms with Crippen molar-refractivity contribution in [2.75, 3.05) is 4.72 Å². The Kier molecular flexibility index (Phi) is 5.30. The third kappa shape index (κ3) is 3.83. The molecule has 1 unspecified atom stereocenters. The highest BCUT2D eigenvalue weighted by atomic mass is 32.2. The van der Waals surface area contributed by atoms with Crippen molar-refractivity contribution in [2.45, 2.75) is 43.2 Å². The van der Waals surface area contributed by atoms with E-state index in [4.69, 9.17) is 10.2 Å². The zero-order chi connectivity index (χ0) is 23.3. The predicted octanol–water partition coefficient (Wildman–Crippen LogP) is 2.81. The first kappa shape index (κ1) is 21.7. The molecule has 0 radical (unpaired) electrons. The molecule has 2 atom stereocenters. The van der Waals surface area contributed by atoms with Crippen LogP contribution in [0.2, 0.25) is 0 Å². The SMILES string of the molecule is C[C@H](c1cccc2c1CC(N)CC2)n1c(=O)oc2cc(S(=O)(=O)Nc3ncns3)c(F)cc21. The molecule has 33 heavy (non-hydrogen) atoms. The molecule has 5 rings (SSSR count). The van der Waals surface area contributed by atoms with Crippen molar-refractivity contribution in [3.63, 3.8) is 0 Å². The van der Waals surface area contributed by atoms with E-state index in [2.05, 4.69) is 20.1 Å². The lowest BCUT2D eigenvalue weighted by Gasteiger charge is -2.26. The van der Waals surface area contributed by atoms with Gasteiger partial charge in [0.1, 0.15) is 17.0 Å². The minimum Gasteiger partial charge on any atom is -0.408 e. The fourth-order valence-electron chi connectivity index (χ4n) is 4.37. The summed E-state index contributed by atoms with van der Waals surface area (Å²) in [6.45, 7) is 1.83. The first-order valence-electron chi connectivity index (χ1n) is 10.2. The summed E-state index contributed by atoms with van der Waals surface area (Å²) in [5.74, 6) is -1.72. The van der Waals surface area contributed by atoms with Gasteiger partial charge in [0.25, 0.3) is 10.0 Å². The molecule has 2 aromatic heterocycles. The van der Waals surface area contributed by atoms with E-state index >= 15 is 0 Å². The van der Waals surface area contributed by atoms with Gasteiger partial charge in [-0.25, -0.2) is 22.6 Å². The molecule has 0 saturated heterocycles. The second kappa shape index (κ2) is 8.04. The second-order valence-electron chi connectivity index (χ2n) is 8.00. The van der Waals surface area contributed by atoms with Crippen LogP contribution in [0.5, 0.6) is 0 Å². The number of anilines is 1. The minimum absolute atomic E-state index is 0.00537. The van der Waals surface area contributed by atoms with Crippen LogP contribution in [0.25, 0.3) is 11.1 Å². The van der Waals surface area contributed by atoms with Gasteiger partial charge in [-0.3, -0.25) is 9.29 Å². The van der Waals surface area contributed by atoms with Crippen LogP contribution in [0.3, 0.4) is 0 Å². The van der Waals surface area contributed by atoms with Gasteiger partial charge >= 0.3 is 5.76 Å². The molecule has 0 fully saturated rings. The third-order valence-corrected chi connectivity index (χ3v) is 8.00. The van der Waals surface area contributed by atoms with Crippen LogP contribution < -0.4 is 16.2 Å². The van der Waals surface area contributed by atoms with E-state index < -0.39 is 32.5 Å². The molecule has 4 aromatic rings. The van der Waals surface area contributed by atoms with Gasteiger partial charge in [-0.15, -0.1) is 0 Å². The minimum atomic E-state index is -4.30. The standard InChI is InChI=1S/C21H20FN5O4S2/c1-11(14-4-2-3-12-5-6-13(23)7-15(12)14)27-17-8-16(22)19(9-18(17)31-21(27)28)33(29,30)26-20-24-10-25-32-20/h2-4,8-11,13H,5-7,23H2,1H3,(H,24,25,26)/t11-,13?/m1/s1. The average molecular weight is 490 g/mol. The topological polar surface area (TPSA) is 133 Å². The molecule has 3 N–H and O–H groups in total. The van der Waals surface area contributed by atoms with Crippen LogP contribution in [0.4, 0.5) is 9.52 Å². The number of rotatable bonds is 5. The number of sulfonamides is 1. The van der Waals surface area contributed by atoms with Crippen LogP contribution >= 0.6 is 11.5 Å². The van der Waals surface area contributed by atoms with E-state index in [0.717, 1.165) is 47.6 Å².